The predicted octanol–water partition coefficient (Wildman–Crippen LogP) is 4.33. The van der Waals surface area contributed by atoms with Crippen LogP contribution in [0.2, 0.25) is 0 Å². The van der Waals surface area contributed by atoms with Crippen molar-refractivity contribution >= 4 is 18.1 Å². The molecule has 1 aromatic carbocycles. The Hall–Kier alpha value is -1.08. The van der Waals surface area contributed by atoms with Gasteiger partial charge in [-0.3, -0.25) is 4.79 Å². The van der Waals surface area contributed by atoms with Gasteiger partial charge in [0.1, 0.15) is 0 Å². The van der Waals surface area contributed by atoms with Crippen LogP contribution in [-0.2, 0) is 4.57 Å². The van der Waals surface area contributed by atoms with Crippen molar-refractivity contribution in [1.82, 2.24) is 4.90 Å². The molecule has 1 unspecified atom stereocenters. The summed E-state index contributed by atoms with van der Waals surface area (Å²) in [6.45, 7) is 7.21. The Kier molecular flexibility index (Phi) is 7.01. The van der Waals surface area contributed by atoms with Gasteiger partial charge in [-0.15, -0.1) is 0 Å². The number of rotatable bonds is 8. The van der Waals surface area contributed by atoms with E-state index < -0.39 is 7.14 Å². The zero-order valence-corrected chi connectivity index (χ0v) is 13.7. The first-order valence-electron chi connectivity index (χ1n) is 7.46. The number of nitrogens with zero attached hydrogens (tertiary/aromatic N) is 1. The van der Waals surface area contributed by atoms with Crippen LogP contribution in [0.3, 0.4) is 0 Å². The van der Waals surface area contributed by atoms with Crippen molar-refractivity contribution in [2.75, 3.05) is 19.8 Å². The first-order chi connectivity index (χ1) is 9.54. The molecule has 3 nitrogen and oxygen atoms in total. The van der Waals surface area contributed by atoms with Gasteiger partial charge >= 0.3 is 0 Å². The number of carbonyl (C=O) groups is 1. The van der Waals surface area contributed by atoms with Crippen LogP contribution < -0.4 is 5.30 Å². The quantitative estimate of drug-likeness (QED) is 0.669. The van der Waals surface area contributed by atoms with Crippen molar-refractivity contribution in [1.29, 1.82) is 0 Å². The molecule has 0 radical (unpaired) electrons. The molecule has 0 aliphatic rings. The van der Waals surface area contributed by atoms with E-state index in [1.54, 1.807) is 23.7 Å². The van der Waals surface area contributed by atoms with Crippen LogP contribution in [0, 0.1) is 0 Å². The van der Waals surface area contributed by atoms with Crippen molar-refractivity contribution in [3.8, 4) is 0 Å². The van der Waals surface area contributed by atoms with Gasteiger partial charge in [0.05, 0.1) is 0 Å². The number of carbonyl (C=O) groups excluding carboxylic acids is 1. The number of hydrogen-bond acceptors (Lipinski definition) is 2. The molecule has 0 N–H and O–H groups in total. The molecule has 0 aromatic heterocycles. The fraction of sp³-hybridized carbons (Fsp3) is 0.562. The van der Waals surface area contributed by atoms with Gasteiger partial charge in [0.25, 0.3) is 5.65 Å². The van der Waals surface area contributed by atoms with Crippen LogP contribution in [0.4, 0.5) is 4.79 Å². The van der Waals surface area contributed by atoms with Gasteiger partial charge in [-0.05, 0) is 12.8 Å². The minimum Gasteiger partial charge on any atom is -0.336 e. The lowest BCUT2D eigenvalue weighted by atomic mass is 10.3. The van der Waals surface area contributed by atoms with E-state index in [9.17, 15) is 9.36 Å². The highest BCUT2D eigenvalue weighted by Gasteiger charge is 2.31. The lowest BCUT2D eigenvalue weighted by Crippen LogP contribution is -2.33. The van der Waals surface area contributed by atoms with Crippen molar-refractivity contribution in [2.24, 2.45) is 0 Å². The lowest BCUT2D eigenvalue weighted by Gasteiger charge is -2.26. The maximum atomic E-state index is 12.9. The second kappa shape index (κ2) is 8.26. The molecule has 4 heteroatoms. The second-order valence-corrected chi connectivity index (χ2v) is 7.98. The van der Waals surface area contributed by atoms with E-state index in [0.29, 0.717) is 18.4 Å². The third-order valence-corrected chi connectivity index (χ3v) is 5.74. The highest BCUT2D eigenvalue weighted by Crippen LogP contribution is 2.43. The molecule has 0 heterocycles. The molecule has 0 saturated carbocycles. The molecule has 0 bridgehead atoms. The number of benzene rings is 1. The minimum atomic E-state index is -2.99. The predicted molar refractivity (Wildman–Crippen MR) is 86.4 cm³/mol. The first kappa shape index (κ1) is 17.0. The number of amides is 1. The van der Waals surface area contributed by atoms with Gasteiger partial charge in [-0.1, -0.05) is 57.0 Å². The summed E-state index contributed by atoms with van der Waals surface area (Å²) in [5.74, 6) is 0. The Morgan fingerprint density at radius 1 is 1.05 bits per heavy atom. The molecule has 0 fully saturated rings. The largest absolute Gasteiger partial charge is 0.336 e. The molecule has 0 aliphatic carbocycles. The van der Waals surface area contributed by atoms with Crippen LogP contribution in [0.5, 0.6) is 0 Å². The lowest BCUT2D eigenvalue weighted by molar-refractivity contribution is 0.218. The highest BCUT2D eigenvalue weighted by molar-refractivity contribution is 7.86. The standard InChI is InChI=1S/C16H26NO2P/c1-4-6-13-17(14-7-5-2)16(18)20(3,19)15-11-9-8-10-12-15/h8-12H,4-7,13-14H2,1-3H3. The molecule has 1 rings (SSSR count). The summed E-state index contributed by atoms with van der Waals surface area (Å²) in [5, 5.41) is 0.656. The van der Waals surface area contributed by atoms with Crippen LogP contribution >= 0.6 is 7.14 Å². The second-order valence-electron chi connectivity index (χ2n) is 5.24. The Labute approximate surface area is 122 Å². The van der Waals surface area contributed by atoms with Crippen molar-refractivity contribution in [3.63, 3.8) is 0 Å². The summed E-state index contributed by atoms with van der Waals surface area (Å²) in [7, 11) is -2.99. The Balaban J connectivity index is 2.89. The van der Waals surface area contributed by atoms with Gasteiger partial charge in [-0.2, -0.15) is 0 Å². The molecule has 0 aliphatic heterocycles. The molecule has 20 heavy (non-hydrogen) atoms. The van der Waals surface area contributed by atoms with Gasteiger partial charge in [-0.25, -0.2) is 0 Å². The average molecular weight is 295 g/mol. The van der Waals surface area contributed by atoms with E-state index in [4.69, 9.17) is 0 Å². The molecule has 1 amide bonds. The fourth-order valence-electron chi connectivity index (χ4n) is 2.09. The van der Waals surface area contributed by atoms with Gasteiger partial charge in [0.2, 0.25) is 0 Å². The average Bonchev–Trinajstić information content (AvgIpc) is 2.47. The molecule has 112 valence electrons. The monoisotopic (exact) mass is 295 g/mol. The summed E-state index contributed by atoms with van der Waals surface area (Å²) in [5.41, 5.74) is -0.189. The Morgan fingerprint density at radius 3 is 2.00 bits per heavy atom. The zero-order valence-electron chi connectivity index (χ0n) is 12.8. The Bertz CT molecular complexity index is 451. The highest BCUT2D eigenvalue weighted by atomic mass is 31.2. The van der Waals surface area contributed by atoms with Crippen LogP contribution in [0.25, 0.3) is 0 Å². The van der Waals surface area contributed by atoms with Crippen molar-refractivity contribution in [2.45, 2.75) is 39.5 Å². The third kappa shape index (κ3) is 4.49. The molecule has 0 spiro atoms. The van der Waals surface area contributed by atoms with E-state index >= 15 is 0 Å². The molecule has 1 atom stereocenters. The normalized spacial score (nSPS) is 13.8. The number of hydrogen-bond donors (Lipinski definition) is 0. The summed E-state index contributed by atoms with van der Waals surface area (Å²) in [4.78, 5) is 14.4. The topological polar surface area (TPSA) is 37.4 Å². The summed E-state index contributed by atoms with van der Waals surface area (Å²) in [6.07, 6.45) is 4.00. The van der Waals surface area contributed by atoms with Crippen molar-refractivity contribution in [3.05, 3.63) is 30.3 Å². The van der Waals surface area contributed by atoms with Crippen LogP contribution in [-0.4, -0.2) is 30.3 Å². The summed E-state index contributed by atoms with van der Waals surface area (Å²) >= 11 is 0. The molecular formula is C16H26NO2P. The van der Waals surface area contributed by atoms with Gasteiger partial charge in [0.15, 0.2) is 7.14 Å². The smallest absolute Gasteiger partial charge is 0.285 e. The van der Waals surface area contributed by atoms with E-state index in [1.165, 1.54) is 0 Å². The maximum Gasteiger partial charge on any atom is 0.285 e. The van der Waals surface area contributed by atoms with E-state index in [-0.39, 0.29) is 5.65 Å². The molecule has 0 saturated heterocycles. The minimum absolute atomic E-state index is 0.189. The molecule has 1 aromatic rings. The van der Waals surface area contributed by atoms with E-state index in [0.717, 1.165) is 25.7 Å². The zero-order chi connectivity index (χ0) is 15.0. The SMILES string of the molecule is CCCCN(CCCC)C(=O)P(C)(=O)c1ccccc1. The summed E-state index contributed by atoms with van der Waals surface area (Å²) < 4.78 is 12.9. The Morgan fingerprint density at radius 2 is 1.55 bits per heavy atom. The van der Waals surface area contributed by atoms with Gasteiger partial charge in [0, 0.05) is 25.1 Å². The van der Waals surface area contributed by atoms with Crippen molar-refractivity contribution < 1.29 is 9.36 Å². The van der Waals surface area contributed by atoms with E-state index in [1.807, 2.05) is 18.2 Å². The third-order valence-electron chi connectivity index (χ3n) is 3.45. The molecular weight excluding hydrogens is 269 g/mol. The maximum absolute atomic E-state index is 12.9. The van der Waals surface area contributed by atoms with Gasteiger partial charge < -0.3 is 9.46 Å². The first-order valence-corrected chi connectivity index (χ1v) is 9.62. The van der Waals surface area contributed by atoms with Crippen LogP contribution in [0.15, 0.2) is 30.3 Å². The summed E-state index contributed by atoms with van der Waals surface area (Å²) in [6, 6.07) is 9.12. The fourth-order valence-corrected chi connectivity index (χ4v) is 3.80. The number of unbranched alkanes of at least 4 members (excludes halogenated alkanes) is 2. The van der Waals surface area contributed by atoms with E-state index in [2.05, 4.69) is 13.8 Å². The van der Waals surface area contributed by atoms with Crippen LogP contribution in [0.1, 0.15) is 39.5 Å².